The maximum Gasteiger partial charge on any atom is 0.316 e. The summed E-state index contributed by atoms with van der Waals surface area (Å²) in [5, 5.41) is 7.93. The van der Waals surface area contributed by atoms with Crippen LogP contribution in [0.2, 0.25) is 0 Å². The molecular weight excluding hydrogens is 352 g/mol. The van der Waals surface area contributed by atoms with Gasteiger partial charge in [0.1, 0.15) is 15.9 Å². The number of aromatic nitrogens is 5. The number of hydrogen-bond donors (Lipinski definition) is 1. The smallest absolute Gasteiger partial charge is 0.316 e. The molecule has 0 aliphatic heterocycles. The van der Waals surface area contributed by atoms with Gasteiger partial charge in [-0.25, -0.2) is 13.1 Å². The van der Waals surface area contributed by atoms with E-state index >= 15 is 0 Å². The number of fused-ring (bicyclic) bond motifs is 1. The van der Waals surface area contributed by atoms with E-state index in [1.54, 1.807) is 23.6 Å². The largest absolute Gasteiger partial charge is 0.467 e. The highest BCUT2D eigenvalue weighted by Crippen LogP contribution is 2.23. The number of ether oxygens (including phenoxy) is 1. The van der Waals surface area contributed by atoms with Gasteiger partial charge in [0.05, 0.1) is 24.9 Å². The molecule has 3 rings (SSSR count). The number of methoxy groups -OCH3 is 1. The predicted molar refractivity (Wildman–Crippen MR) is 88.4 cm³/mol. The quantitative estimate of drug-likeness (QED) is 0.699. The molecule has 0 aliphatic rings. The molecule has 0 amide bonds. The number of rotatable bonds is 6. The van der Waals surface area contributed by atoms with Crippen molar-refractivity contribution in [2.45, 2.75) is 31.3 Å². The summed E-state index contributed by atoms with van der Waals surface area (Å²) in [6, 6.07) is 4.61. The number of sulfonamides is 1. The summed E-state index contributed by atoms with van der Waals surface area (Å²) in [5.74, 6) is 0.474. The minimum atomic E-state index is -3.79. The number of hydrogen-bond acceptors (Lipinski definition) is 8. The summed E-state index contributed by atoms with van der Waals surface area (Å²) < 4.78 is 43.1. The second-order valence-electron chi connectivity index (χ2n) is 5.02. The van der Waals surface area contributed by atoms with Gasteiger partial charge < -0.3 is 4.74 Å². The molecule has 0 saturated heterocycles. The van der Waals surface area contributed by atoms with Crippen molar-refractivity contribution in [2.24, 2.45) is 0 Å². The number of nitrogens with zero attached hydrogens (tertiary/aromatic N) is 5. The third-order valence-electron chi connectivity index (χ3n) is 3.50. The van der Waals surface area contributed by atoms with Crippen molar-refractivity contribution in [1.82, 2.24) is 28.2 Å². The van der Waals surface area contributed by atoms with Crippen molar-refractivity contribution in [1.29, 1.82) is 0 Å². The average Bonchev–Trinajstić information content (AvgIpc) is 3.19. The Morgan fingerprint density at radius 2 is 2.12 bits per heavy atom. The van der Waals surface area contributed by atoms with Crippen LogP contribution in [0.3, 0.4) is 0 Å². The first kappa shape index (κ1) is 16.7. The average molecular weight is 368 g/mol. The lowest BCUT2D eigenvalue weighted by Gasteiger charge is -2.15. The van der Waals surface area contributed by atoms with Crippen LogP contribution in [-0.2, 0) is 16.6 Å². The molecule has 0 saturated carbocycles. The molecule has 1 atom stereocenters. The van der Waals surface area contributed by atoms with E-state index < -0.39 is 16.1 Å². The molecule has 2 aromatic heterocycles. The Kier molecular flexibility index (Phi) is 4.47. The van der Waals surface area contributed by atoms with Crippen LogP contribution in [-0.4, -0.2) is 39.0 Å². The summed E-state index contributed by atoms with van der Waals surface area (Å²) in [7, 11) is -2.30. The van der Waals surface area contributed by atoms with Gasteiger partial charge in [-0.2, -0.15) is 8.75 Å². The first-order chi connectivity index (χ1) is 11.5. The third kappa shape index (κ3) is 2.85. The zero-order chi connectivity index (χ0) is 17.3. The second-order valence-corrected chi connectivity index (χ2v) is 7.23. The van der Waals surface area contributed by atoms with Gasteiger partial charge >= 0.3 is 6.01 Å². The van der Waals surface area contributed by atoms with Gasteiger partial charge in [0, 0.05) is 6.54 Å². The van der Waals surface area contributed by atoms with Crippen LogP contribution in [0, 0.1) is 0 Å². The Hall–Kier alpha value is -2.11. The SMILES string of the molecule is CCn1c(OC)nnc1[C@@H](C)NS(=O)(=O)c1cccc2nsnc12. The molecule has 2 heterocycles. The van der Waals surface area contributed by atoms with E-state index in [2.05, 4.69) is 23.7 Å². The van der Waals surface area contributed by atoms with Crippen molar-refractivity contribution < 1.29 is 13.2 Å². The van der Waals surface area contributed by atoms with Gasteiger partial charge in [-0.3, -0.25) is 4.57 Å². The van der Waals surface area contributed by atoms with E-state index in [9.17, 15) is 8.42 Å². The van der Waals surface area contributed by atoms with Crippen LogP contribution in [0.5, 0.6) is 6.01 Å². The molecule has 0 aliphatic carbocycles. The Morgan fingerprint density at radius 3 is 2.83 bits per heavy atom. The van der Waals surface area contributed by atoms with Gasteiger partial charge in [0.25, 0.3) is 0 Å². The van der Waals surface area contributed by atoms with Gasteiger partial charge in [-0.1, -0.05) is 11.2 Å². The molecule has 0 fully saturated rings. The van der Waals surface area contributed by atoms with E-state index in [4.69, 9.17) is 4.74 Å². The number of nitrogens with one attached hydrogen (secondary N) is 1. The molecule has 9 nitrogen and oxygen atoms in total. The summed E-state index contributed by atoms with van der Waals surface area (Å²) in [6.45, 7) is 4.16. The van der Waals surface area contributed by atoms with Crippen molar-refractivity contribution >= 4 is 32.8 Å². The summed E-state index contributed by atoms with van der Waals surface area (Å²) in [6.07, 6.45) is 0. The summed E-state index contributed by atoms with van der Waals surface area (Å²) >= 11 is 0.976. The zero-order valence-electron chi connectivity index (χ0n) is 13.3. The first-order valence-corrected chi connectivity index (χ1v) is 9.40. The van der Waals surface area contributed by atoms with Gasteiger partial charge in [-0.15, -0.1) is 5.10 Å². The minimum absolute atomic E-state index is 0.0927. The zero-order valence-corrected chi connectivity index (χ0v) is 14.9. The van der Waals surface area contributed by atoms with E-state index in [1.165, 1.54) is 13.2 Å². The first-order valence-electron chi connectivity index (χ1n) is 7.18. The van der Waals surface area contributed by atoms with Gasteiger partial charge in [0.15, 0.2) is 5.82 Å². The topological polar surface area (TPSA) is 112 Å². The normalized spacial score (nSPS) is 13.3. The lowest BCUT2D eigenvalue weighted by molar-refractivity contribution is 0.354. The van der Waals surface area contributed by atoms with Crippen LogP contribution >= 0.6 is 11.7 Å². The highest BCUT2D eigenvalue weighted by Gasteiger charge is 2.25. The standard InChI is InChI=1S/C13H16N6O3S2/c1-4-19-12(14-15-13(19)22-3)8(2)18-24(20,21)10-7-5-6-9-11(10)17-23-16-9/h5-8,18H,4H2,1-3H3/t8-/m1/s1. The Balaban J connectivity index is 1.95. The van der Waals surface area contributed by atoms with Crippen molar-refractivity contribution in [3.05, 3.63) is 24.0 Å². The highest BCUT2D eigenvalue weighted by molar-refractivity contribution is 7.89. The third-order valence-corrected chi connectivity index (χ3v) is 5.62. The minimum Gasteiger partial charge on any atom is -0.467 e. The summed E-state index contributed by atoms with van der Waals surface area (Å²) in [5.41, 5.74) is 0.908. The second kappa shape index (κ2) is 6.42. The van der Waals surface area contributed by atoms with E-state index in [-0.39, 0.29) is 4.90 Å². The van der Waals surface area contributed by atoms with Crippen LogP contribution in [0.4, 0.5) is 0 Å². The molecule has 0 bridgehead atoms. The lowest BCUT2D eigenvalue weighted by atomic mass is 10.3. The molecule has 11 heteroatoms. The molecule has 24 heavy (non-hydrogen) atoms. The van der Waals surface area contributed by atoms with Crippen LogP contribution < -0.4 is 9.46 Å². The van der Waals surface area contributed by atoms with Crippen molar-refractivity contribution in [3.63, 3.8) is 0 Å². The van der Waals surface area contributed by atoms with E-state index in [0.29, 0.717) is 29.4 Å². The Bertz CT molecular complexity index is 965. The lowest BCUT2D eigenvalue weighted by Crippen LogP contribution is -2.29. The molecular formula is C13H16N6O3S2. The molecule has 3 aromatic rings. The molecule has 1 N–H and O–H groups in total. The molecule has 128 valence electrons. The molecule has 1 aromatic carbocycles. The summed E-state index contributed by atoms with van der Waals surface area (Å²) in [4.78, 5) is 0.0927. The predicted octanol–water partition coefficient (Wildman–Crippen LogP) is 1.35. The fourth-order valence-corrected chi connectivity index (χ4v) is 4.38. The Labute approximate surface area is 143 Å². The van der Waals surface area contributed by atoms with E-state index in [0.717, 1.165) is 11.7 Å². The Morgan fingerprint density at radius 1 is 1.33 bits per heavy atom. The van der Waals surface area contributed by atoms with E-state index in [1.807, 2.05) is 6.92 Å². The maximum atomic E-state index is 12.7. The van der Waals surface area contributed by atoms with Crippen molar-refractivity contribution in [2.75, 3.05) is 7.11 Å². The fourth-order valence-electron chi connectivity index (χ4n) is 2.42. The van der Waals surface area contributed by atoms with Crippen molar-refractivity contribution in [3.8, 4) is 6.01 Å². The molecule has 0 radical (unpaired) electrons. The molecule has 0 unspecified atom stereocenters. The van der Waals surface area contributed by atoms with Crippen LogP contribution in [0.15, 0.2) is 23.1 Å². The van der Waals surface area contributed by atoms with Crippen LogP contribution in [0.1, 0.15) is 25.7 Å². The van der Waals surface area contributed by atoms with Gasteiger partial charge in [-0.05, 0) is 26.0 Å². The fraction of sp³-hybridized carbons (Fsp3) is 0.385. The monoisotopic (exact) mass is 368 g/mol. The molecule has 0 spiro atoms. The number of benzene rings is 1. The van der Waals surface area contributed by atoms with Gasteiger partial charge in [0.2, 0.25) is 10.0 Å². The highest BCUT2D eigenvalue weighted by atomic mass is 32.2. The maximum absolute atomic E-state index is 12.7. The van der Waals surface area contributed by atoms with Crippen LogP contribution in [0.25, 0.3) is 11.0 Å².